The van der Waals surface area contributed by atoms with E-state index < -0.39 is 29.6 Å². The molecule has 0 aliphatic carbocycles. The van der Waals surface area contributed by atoms with Crippen molar-refractivity contribution in [3.05, 3.63) is 89.2 Å². The van der Waals surface area contributed by atoms with Crippen LogP contribution in [0, 0.1) is 17.1 Å². The zero-order valence-corrected chi connectivity index (χ0v) is 19.6. The number of nitrogens with zero attached hydrogens (tertiary/aromatic N) is 3. The second-order valence-corrected chi connectivity index (χ2v) is 8.08. The second-order valence-electron chi connectivity index (χ2n) is 8.08. The van der Waals surface area contributed by atoms with Gasteiger partial charge in [0.15, 0.2) is 11.5 Å². The van der Waals surface area contributed by atoms with Crippen molar-refractivity contribution in [1.82, 2.24) is 4.90 Å². The molecule has 1 fully saturated rings. The smallest absolute Gasteiger partial charge is 0.257 e. The fourth-order valence-corrected chi connectivity index (χ4v) is 4.06. The summed E-state index contributed by atoms with van der Waals surface area (Å²) in [7, 11) is 2.91. The van der Waals surface area contributed by atoms with Crippen molar-refractivity contribution in [2.24, 2.45) is 0 Å². The first-order valence-electron chi connectivity index (χ1n) is 11.0. The highest BCUT2D eigenvalue weighted by Crippen LogP contribution is 2.31. The SMILES string of the molecule is COc1ccc(C(=O)N(Cc2ccc(F)cc2)C2CC(=O)N(c3ccc(C#N)cc3)C2=O)cc1OC. The lowest BCUT2D eigenvalue weighted by Crippen LogP contribution is -2.45. The summed E-state index contributed by atoms with van der Waals surface area (Å²) in [6.45, 7) is -0.0294. The third kappa shape index (κ3) is 4.74. The first-order chi connectivity index (χ1) is 17.4. The third-order valence-corrected chi connectivity index (χ3v) is 5.91. The molecule has 36 heavy (non-hydrogen) atoms. The third-order valence-electron chi connectivity index (χ3n) is 5.91. The summed E-state index contributed by atoms with van der Waals surface area (Å²) in [5, 5.41) is 9.03. The lowest BCUT2D eigenvalue weighted by Gasteiger charge is -2.28. The van der Waals surface area contributed by atoms with Crippen LogP contribution in [0.15, 0.2) is 66.7 Å². The lowest BCUT2D eigenvalue weighted by molar-refractivity contribution is -0.122. The van der Waals surface area contributed by atoms with Gasteiger partial charge in [-0.05, 0) is 60.2 Å². The van der Waals surface area contributed by atoms with Gasteiger partial charge in [0.25, 0.3) is 11.8 Å². The van der Waals surface area contributed by atoms with E-state index in [1.165, 1.54) is 73.7 Å². The van der Waals surface area contributed by atoms with Crippen molar-refractivity contribution in [1.29, 1.82) is 5.26 Å². The maximum atomic E-state index is 13.7. The Morgan fingerprint density at radius 2 is 1.69 bits per heavy atom. The number of methoxy groups -OCH3 is 2. The number of carbonyl (C=O) groups is 3. The van der Waals surface area contributed by atoms with Crippen molar-refractivity contribution in [2.45, 2.75) is 19.0 Å². The second kappa shape index (κ2) is 10.3. The fourth-order valence-electron chi connectivity index (χ4n) is 4.06. The summed E-state index contributed by atoms with van der Waals surface area (Å²) >= 11 is 0. The molecule has 1 aliphatic heterocycles. The molecule has 182 valence electrons. The Bertz CT molecular complexity index is 1350. The largest absolute Gasteiger partial charge is 0.493 e. The maximum Gasteiger partial charge on any atom is 0.257 e. The van der Waals surface area contributed by atoms with E-state index in [2.05, 4.69) is 0 Å². The van der Waals surface area contributed by atoms with Crippen LogP contribution >= 0.6 is 0 Å². The van der Waals surface area contributed by atoms with Crippen LogP contribution < -0.4 is 14.4 Å². The van der Waals surface area contributed by atoms with Gasteiger partial charge < -0.3 is 14.4 Å². The molecule has 3 aromatic carbocycles. The van der Waals surface area contributed by atoms with Crippen LogP contribution in [0.1, 0.15) is 27.9 Å². The van der Waals surface area contributed by atoms with Gasteiger partial charge >= 0.3 is 0 Å². The highest BCUT2D eigenvalue weighted by Gasteiger charge is 2.44. The summed E-state index contributed by atoms with van der Waals surface area (Å²) in [5.41, 5.74) is 1.51. The van der Waals surface area contributed by atoms with Crippen molar-refractivity contribution in [3.8, 4) is 17.6 Å². The maximum absolute atomic E-state index is 13.7. The Labute approximate surface area is 207 Å². The minimum Gasteiger partial charge on any atom is -0.493 e. The zero-order chi connectivity index (χ0) is 25.8. The number of halogens is 1. The van der Waals surface area contributed by atoms with Gasteiger partial charge in [-0.3, -0.25) is 14.4 Å². The van der Waals surface area contributed by atoms with E-state index >= 15 is 0 Å². The Balaban J connectivity index is 1.70. The molecule has 1 unspecified atom stereocenters. The summed E-state index contributed by atoms with van der Waals surface area (Å²) in [6, 6.07) is 17.1. The predicted molar refractivity (Wildman–Crippen MR) is 128 cm³/mol. The molecule has 0 bridgehead atoms. The zero-order valence-electron chi connectivity index (χ0n) is 19.6. The Morgan fingerprint density at radius 3 is 2.31 bits per heavy atom. The van der Waals surface area contributed by atoms with E-state index in [1.54, 1.807) is 12.1 Å². The van der Waals surface area contributed by atoms with Crippen LogP contribution in [-0.2, 0) is 16.1 Å². The molecule has 8 nitrogen and oxygen atoms in total. The molecule has 1 saturated heterocycles. The van der Waals surface area contributed by atoms with Gasteiger partial charge in [0.05, 0.1) is 38.0 Å². The topological polar surface area (TPSA) is 99.9 Å². The van der Waals surface area contributed by atoms with Gasteiger partial charge in [0.2, 0.25) is 5.91 Å². The van der Waals surface area contributed by atoms with E-state index in [0.29, 0.717) is 28.3 Å². The number of benzene rings is 3. The van der Waals surface area contributed by atoms with Gasteiger partial charge in [-0.1, -0.05) is 12.1 Å². The van der Waals surface area contributed by atoms with Crippen LogP contribution in [0.3, 0.4) is 0 Å². The molecule has 1 aliphatic rings. The average Bonchev–Trinajstić information content (AvgIpc) is 3.20. The van der Waals surface area contributed by atoms with Gasteiger partial charge in [-0.2, -0.15) is 5.26 Å². The highest BCUT2D eigenvalue weighted by molar-refractivity contribution is 6.23. The van der Waals surface area contributed by atoms with Crippen LogP contribution in [0.2, 0.25) is 0 Å². The van der Waals surface area contributed by atoms with Crippen molar-refractivity contribution in [3.63, 3.8) is 0 Å². The van der Waals surface area contributed by atoms with Crippen LogP contribution in [-0.4, -0.2) is 42.9 Å². The number of hydrogen-bond acceptors (Lipinski definition) is 6. The predicted octanol–water partition coefficient (Wildman–Crippen LogP) is 3.69. The van der Waals surface area contributed by atoms with Gasteiger partial charge in [-0.25, -0.2) is 9.29 Å². The molecule has 4 rings (SSSR count). The molecule has 3 amide bonds. The molecule has 0 saturated carbocycles. The molecule has 9 heteroatoms. The summed E-state index contributed by atoms with van der Waals surface area (Å²) in [4.78, 5) is 42.4. The molecule has 0 spiro atoms. The standard InChI is InChI=1S/C27H22FN3O5/c1-35-23-12-7-19(13-24(23)36-2)26(33)30(16-18-3-8-20(28)9-4-18)22-14-25(32)31(27(22)34)21-10-5-17(15-29)6-11-21/h3-13,22H,14,16H2,1-2H3. The molecule has 0 aromatic heterocycles. The van der Waals surface area contributed by atoms with E-state index in [1.807, 2.05) is 6.07 Å². The van der Waals surface area contributed by atoms with Gasteiger partial charge in [-0.15, -0.1) is 0 Å². The molecule has 1 heterocycles. The molecule has 3 aromatic rings. The number of carbonyl (C=O) groups excluding carboxylic acids is 3. The first kappa shape index (κ1) is 24.4. The molecule has 1 atom stereocenters. The lowest BCUT2D eigenvalue weighted by atomic mass is 10.1. The Morgan fingerprint density at radius 1 is 1.03 bits per heavy atom. The normalized spacial score (nSPS) is 14.9. The van der Waals surface area contributed by atoms with Crippen molar-refractivity contribution < 1.29 is 28.2 Å². The number of rotatable bonds is 7. The highest BCUT2D eigenvalue weighted by atomic mass is 19.1. The molecule has 0 radical (unpaired) electrons. The summed E-state index contributed by atoms with van der Waals surface area (Å²) in [6.07, 6.45) is -0.223. The molecule has 0 N–H and O–H groups in total. The van der Waals surface area contributed by atoms with Crippen LogP contribution in [0.4, 0.5) is 10.1 Å². The van der Waals surface area contributed by atoms with E-state index in [0.717, 1.165) is 4.90 Å². The summed E-state index contributed by atoms with van der Waals surface area (Å²) in [5.74, 6) is -1.22. The Kier molecular flexibility index (Phi) is 6.97. The Hall–Kier alpha value is -4.71. The minimum atomic E-state index is -1.08. The average molecular weight is 487 g/mol. The van der Waals surface area contributed by atoms with E-state index in [-0.39, 0.29) is 18.5 Å². The fraction of sp³-hybridized carbons (Fsp3) is 0.185. The van der Waals surface area contributed by atoms with E-state index in [4.69, 9.17) is 14.7 Å². The van der Waals surface area contributed by atoms with Crippen LogP contribution in [0.5, 0.6) is 11.5 Å². The van der Waals surface area contributed by atoms with Gasteiger partial charge in [0.1, 0.15) is 11.9 Å². The summed E-state index contributed by atoms with van der Waals surface area (Å²) < 4.78 is 24.0. The van der Waals surface area contributed by atoms with Crippen molar-refractivity contribution in [2.75, 3.05) is 19.1 Å². The van der Waals surface area contributed by atoms with Crippen LogP contribution in [0.25, 0.3) is 0 Å². The quantitative estimate of drug-likeness (QED) is 0.472. The molecular formula is C27H22FN3O5. The van der Waals surface area contributed by atoms with Crippen molar-refractivity contribution >= 4 is 23.4 Å². The number of amides is 3. The number of anilines is 1. The van der Waals surface area contributed by atoms with E-state index in [9.17, 15) is 18.8 Å². The molecular weight excluding hydrogens is 465 g/mol. The number of hydrogen-bond donors (Lipinski definition) is 0. The van der Waals surface area contributed by atoms with Gasteiger partial charge in [0, 0.05) is 12.1 Å². The first-order valence-corrected chi connectivity index (χ1v) is 11.0. The number of imide groups is 1. The number of ether oxygens (including phenoxy) is 2. The monoisotopic (exact) mass is 487 g/mol. The minimum absolute atomic E-state index is 0.0294. The number of nitriles is 1.